The van der Waals surface area contributed by atoms with Crippen LogP contribution < -0.4 is 9.47 Å². The number of carbonyl (C=O) groups is 1. The zero-order valence-electron chi connectivity index (χ0n) is 14.7. The van der Waals surface area contributed by atoms with Crippen LogP contribution in [0.25, 0.3) is 0 Å². The van der Waals surface area contributed by atoms with Crippen LogP contribution in [0.5, 0.6) is 11.5 Å². The first-order valence-electron chi connectivity index (χ1n) is 7.53. The minimum Gasteiger partial charge on any atom is -0.493 e. The average molecular weight is 350 g/mol. The monoisotopic (exact) mass is 350 g/mol. The molecule has 0 saturated heterocycles. The molecule has 1 atom stereocenters. The van der Waals surface area contributed by atoms with Crippen LogP contribution in [0.2, 0.25) is 0 Å². The summed E-state index contributed by atoms with van der Waals surface area (Å²) in [6, 6.07) is 5.11. The summed E-state index contributed by atoms with van der Waals surface area (Å²) in [7, 11) is 3.09. The molecule has 0 N–H and O–H groups in total. The van der Waals surface area contributed by atoms with Crippen molar-refractivity contribution in [2.75, 3.05) is 14.2 Å². The van der Waals surface area contributed by atoms with Crippen molar-refractivity contribution in [3.05, 3.63) is 29.7 Å². The van der Waals surface area contributed by atoms with E-state index in [0.29, 0.717) is 28.2 Å². The highest BCUT2D eigenvalue weighted by Gasteiger charge is 2.24. The smallest absolute Gasteiger partial charge is 0.277 e. The minimum atomic E-state index is -0.364. The molecule has 1 heterocycles. The topological polar surface area (TPSA) is 74.5 Å². The molecule has 1 aromatic heterocycles. The third-order valence-electron chi connectivity index (χ3n) is 3.36. The fourth-order valence-electron chi connectivity index (χ4n) is 1.99. The fraction of sp³-hybridized carbons (Fsp3) is 0.471. The van der Waals surface area contributed by atoms with Crippen molar-refractivity contribution in [1.82, 2.24) is 10.2 Å². The van der Waals surface area contributed by atoms with Crippen LogP contribution in [-0.4, -0.2) is 35.5 Å². The number of thioether (sulfide) groups is 1. The second-order valence-electron chi connectivity index (χ2n) is 6.32. The molecule has 0 aliphatic heterocycles. The summed E-state index contributed by atoms with van der Waals surface area (Å²) < 4.78 is 16.1. The summed E-state index contributed by atoms with van der Waals surface area (Å²) in [5.74, 6) is 1.61. The standard InChI is InChI=1S/C17H22N2O4S/c1-10(24-16-19-18-15(23-16)17(2,3)4)14(20)11-7-8-12(21-5)13(9-11)22-6/h7-10H,1-6H3/t10-/m1/s1. The van der Waals surface area contributed by atoms with Crippen molar-refractivity contribution in [2.24, 2.45) is 0 Å². The second-order valence-corrected chi connectivity index (χ2v) is 7.61. The van der Waals surface area contributed by atoms with Gasteiger partial charge in [0.15, 0.2) is 17.3 Å². The third-order valence-corrected chi connectivity index (χ3v) is 4.30. The highest BCUT2D eigenvalue weighted by Crippen LogP contribution is 2.31. The van der Waals surface area contributed by atoms with E-state index in [1.165, 1.54) is 18.9 Å². The number of hydrogen-bond acceptors (Lipinski definition) is 7. The minimum absolute atomic E-state index is 0.0449. The maximum absolute atomic E-state index is 12.6. The number of rotatable bonds is 6. The Hall–Kier alpha value is -2.02. The highest BCUT2D eigenvalue weighted by molar-refractivity contribution is 8.00. The quantitative estimate of drug-likeness (QED) is 0.580. The molecule has 0 amide bonds. The fourth-order valence-corrected chi connectivity index (χ4v) is 2.75. The van der Waals surface area contributed by atoms with E-state index < -0.39 is 0 Å². The van der Waals surface area contributed by atoms with Gasteiger partial charge in [0.2, 0.25) is 5.89 Å². The molecule has 0 aliphatic carbocycles. The molecule has 2 aromatic rings. The number of methoxy groups -OCH3 is 2. The summed E-state index contributed by atoms with van der Waals surface area (Å²) in [5, 5.41) is 8.07. The molecular formula is C17H22N2O4S. The van der Waals surface area contributed by atoms with Crippen LogP contribution in [0.15, 0.2) is 27.8 Å². The lowest BCUT2D eigenvalue weighted by molar-refractivity contribution is 0.0993. The number of hydrogen-bond donors (Lipinski definition) is 0. The lowest BCUT2D eigenvalue weighted by Gasteiger charge is -2.12. The predicted octanol–water partition coefficient (Wildman–Crippen LogP) is 3.75. The second kappa shape index (κ2) is 7.25. The molecule has 0 aliphatic rings. The zero-order valence-corrected chi connectivity index (χ0v) is 15.6. The number of benzene rings is 1. The number of nitrogens with zero attached hydrogens (tertiary/aromatic N) is 2. The lowest BCUT2D eigenvalue weighted by atomic mass is 9.97. The van der Waals surface area contributed by atoms with Gasteiger partial charge in [0.25, 0.3) is 5.22 Å². The van der Waals surface area contributed by atoms with Crippen molar-refractivity contribution in [1.29, 1.82) is 0 Å². The van der Waals surface area contributed by atoms with Crippen LogP contribution in [0.4, 0.5) is 0 Å². The Morgan fingerprint density at radius 3 is 2.38 bits per heavy atom. The van der Waals surface area contributed by atoms with Gasteiger partial charge >= 0.3 is 0 Å². The summed E-state index contributed by atoms with van der Waals surface area (Å²) in [6.07, 6.45) is 0. The van der Waals surface area contributed by atoms with Gasteiger partial charge in [0.05, 0.1) is 19.5 Å². The first-order valence-corrected chi connectivity index (χ1v) is 8.41. The molecular weight excluding hydrogens is 328 g/mol. The molecule has 0 radical (unpaired) electrons. The average Bonchev–Trinajstić information content (AvgIpc) is 3.02. The van der Waals surface area contributed by atoms with Gasteiger partial charge in [0.1, 0.15) is 0 Å². The van der Waals surface area contributed by atoms with Crippen LogP contribution in [0.3, 0.4) is 0 Å². The number of ketones is 1. The van der Waals surface area contributed by atoms with E-state index in [-0.39, 0.29) is 16.4 Å². The Morgan fingerprint density at radius 2 is 1.83 bits per heavy atom. The molecule has 0 spiro atoms. The lowest BCUT2D eigenvalue weighted by Crippen LogP contribution is -2.13. The number of ether oxygens (including phenoxy) is 2. The van der Waals surface area contributed by atoms with Gasteiger partial charge in [-0.2, -0.15) is 0 Å². The van der Waals surface area contributed by atoms with Crippen LogP contribution >= 0.6 is 11.8 Å². The molecule has 0 fully saturated rings. The van der Waals surface area contributed by atoms with E-state index in [4.69, 9.17) is 13.9 Å². The van der Waals surface area contributed by atoms with Gasteiger partial charge < -0.3 is 13.9 Å². The van der Waals surface area contributed by atoms with Gasteiger partial charge in [-0.3, -0.25) is 4.79 Å². The number of aromatic nitrogens is 2. The molecule has 6 nitrogen and oxygen atoms in total. The Kier molecular flexibility index (Phi) is 5.54. The maximum Gasteiger partial charge on any atom is 0.277 e. The largest absolute Gasteiger partial charge is 0.493 e. The molecule has 0 unspecified atom stereocenters. The van der Waals surface area contributed by atoms with Gasteiger partial charge in [-0.25, -0.2) is 0 Å². The first kappa shape index (κ1) is 18.3. The maximum atomic E-state index is 12.6. The van der Waals surface area contributed by atoms with Gasteiger partial charge in [0, 0.05) is 11.0 Å². The summed E-state index contributed by atoms with van der Waals surface area (Å²) in [6.45, 7) is 7.79. The third kappa shape index (κ3) is 4.08. The van der Waals surface area contributed by atoms with E-state index in [9.17, 15) is 4.79 Å². The van der Waals surface area contributed by atoms with Crippen molar-refractivity contribution in [2.45, 2.75) is 43.6 Å². The van der Waals surface area contributed by atoms with Gasteiger partial charge in [-0.05, 0) is 25.1 Å². The molecule has 7 heteroatoms. The summed E-state index contributed by atoms with van der Waals surface area (Å²) in [5.41, 5.74) is 0.325. The van der Waals surface area contributed by atoms with Crippen LogP contribution in [0.1, 0.15) is 43.9 Å². The molecule has 1 aromatic carbocycles. The Labute approximate surface area is 145 Å². The predicted molar refractivity (Wildman–Crippen MR) is 92.2 cm³/mol. The van der Waals surface area contributed by atoms with E-state index in [1.807, 2.05) is 27.7 Å². The zero-order chi connectivity index (χ0) is 17.9. The van der Waals surface area contributed by atoms with Crippen molar-refractivity contribution >= 4 is 17.5 Å². The summed E-state index contributed by atoms with van der Waals surface area (Å²) in [4.78, 5) is 12.6. The number of Topliss-reactive ketones (excluding diaryl/α,β-unsaturated/α-hetero) is 1. The molecule has 0 bridgehead atoms. The van der Waals surface area contributed by atoms with Crippen LogP contribution in [-0.2, 0) is 5.41 Å². The normalized spacial score (nSPS) is 12.8. The van der Waals surface area contributed by atoms with E-state index in [2.05, 4.69) is 10.2 Å². The Balaban J connectivity index is 2.13. The van der Waals surface area contributed by atoms with Gasteiger partial charge in [-0.15, -0.1) is 10.2 Å². The summed E-state index contributed by atoms with van der Waals surface area (Å²) >= 11 is 1.24. The van der Waals surface area contributed by atoms with Crippen LogP contribution in [0, 0.1) is 0 Å². The number of carbonyl (C=O) groups excluding carboxylic acids is 1. The first-order chi connectivity index (χ1) is 11.3. The van der Waals surface area contributed by atoms with E-state index in [1.54, 1.807) is 25.3 Å². The van der Waals surface area contributed by atoms with Gasteiger partial charge in [-0.1, -0.05) is 32.5 Å². The molecule has 130 valence electrons. The SMILES string of the molecule is COc1ccc(C(=O)[C@@H](C)Sc2nnc(C(C)(C)C)o2)cc1OC. The van der Waals surface area contributed by atoms with Crippen molar-refractivity contribution < 1.29 is 18.7 Å². The Morgan fingerprint density at radius 1 is 1.17 bits per heavy atom. The van der Waals surface area contributed by atoms with E-state index >= 15 is 0 Å². The highest BCUT2D eigenvalue weighted by atomic mass is 32.2. The van der Waals surface area contributed by atoms with Crippen molar-refractivity contribution in [3.63, 3.8) is 0 Å². The molecule has 0 saturated carbocycles. The van der Waals surface area contributed by atoms with E-state index in [0.717, 1.165) is 0 Å². The molecule has 24 heavy (non-hydrogen) atoms. The van der Waals surface area contributed by atoms with Crippen molar-refractivity contribution in [3.8, 4) is 11.5 Å². The Bertz CT molecular complexity index is 722. The molecule has 2 rings (SSSR count).